The lowest BCUT2D eigenvalue weighted by Crippen LogP contribution is -2.17. The Kier molecular flexibility index (Phi) is 6.88. The van der Waals surface area contributed by atoms with E-state index in [1.54, 1.807) is 25.3 Å². The summed E-state index contributed by atoms with van der Waals surface area (Å²) < 4.78 is 28.9. The van der Waals surface area contributed by atoms with Crippen molar-refractivity contribution in [1.29, 1.82) is 0 Å². The van der Waals surface area contributed by atoms with Crippen LogP contribution >= 0.6 is 11.8 Å². The molecular formula is C26H25N5O6S. The molecule has 5 aromatic rings. The second-order valence-electron chi connectivity index (χ2n) is 8.07. The minimum absolute atomic E-state index is 0.0336. The van der Waals surface area contributed by atoms with E-state index in [-0.39, 0.29) is 11.7 Å². The molecule has 3 aromatic carbocycles. The number of anilines is 1. The summed E-state index contributed by atoms with van der Waals surface area (Å²) in [6.45, 7) is 0. The highest BCUT2D eigenvalue weighted by Gasteiger charge is 2.20. The number of rotatable bonds is 9. The maximum Gasteiger partial charge on any atom is 0.234 e. The number of nitrogen functional groups attached to an aromatic ring is 1. The van der Waals surface area contributed by atoms with Gasteiger partial charge in [0, 0.05) is 22.4 Å². The van der Waals surface area contributed by atoms with Crippen molar-refractivity contribution in [2.45, 2.75) is 5.16 Å². The topological polar surface area (TPSA) is 136 Å². The lowest BCUT2D eigenvalue weighted by Gasteiger charge is -2.13. The van der Waals surface area contributed by atoms with Gasteiger partial charge in [0.2, 0.25) is 16.8 Å². The van der Waals surface area contributed by atoms with Crippen LogP contribution in [0.5, 0.6) is 23.0 Å². The van der Waals surface area contributed by atoms with E-state index in [0.717, 1.165) is 28.1 Å². The van der Waals surface area contributed by atoms with Crippen molar-refractivity contribution >= 4 is 45.3 Å². The monoisotopic (exact) mass is 535 g/mol. The molecule has 11 nitrogen and oxygen atoms in total. The molecule has 2 heterocycles. The summed E-state index contributed by atoms with van der Waals surface area (Å²) in [7, 11) is 6.12. The Labute approximate surface area is 221 Å². The number of ether oxygens (including phenoxy) is 4. The van der Waals surface area contributed by atoms with Gasteiger partial charge in [0.1, 0.15) is 16.9 Å². The molecule has 1 amide bonds. The third-order valence-electron chi connectivity index (χ3n) is 5.89. The summed E-state index contributed by atoms with van der Waals surface area (Å²) in [6.07, 6.45) is 0. The zero-order chi connectivity index (χ0) is 26.8. The van der Waals surface area contributed by atoms with Crippen LogP contribution in [0.3, 0.4) is 0 Å². The van der Waals surface area contributed by atoms with Gasteiger partial charge in [-0.15, -0.1) is 10.2 Å². The molecule has 0 fully saturated rings. The predicted molar refractivity (Wildman–Crippen MR) is 145 cm³/mol. The van der Waals surface area contributed by atoms with Crippen LogP contribution in [0.25, 0.3) is 33.3 Å². The zero-order valence-corrected chi connectivity index (χ0v) is 21.9. The number of carbonyl (C=O) groups is 1. The molecule has 0 radical (unpaired) electrons. The first-order chi connectivity index (χ1) is 18.5. The molecule has 0 spiro atoms. The summed E-state index contributed by atoms with van der Waals surface area (Å²) >= 11 is 1.14. The number of aromatic nitrogens is 3. The zero-order valence-electron chi connectivity index (χ0n) is 21.1. The van der Waals surface area contributed by atoms with Crippen molar-refractivity contribution in [3.63, 3.8) is 0 Å². The fourth-order valence-corrected chi connectivity index (χ4v) is 4.77. The highest BCUT2D eigenvalue weighted by Crippen LogP contribution is 2.41. The van der Waals surface area contributed by atoms with Crippen LogP contribution in [0.15, 0.2) is 58.1 Å². The number of benzene rings is 3. The van der Waals surface area contributed by atoms with Crippen LogP contribution in [0.1, 0.15) is 0 Å². The molecule has 0 saturated heterocycles. The molecule has 0 atom stereocenters. The SMILES string of the molecule is COc1cc2c(cc1NC(=O)CSc1nnc(-c3cc(OC)c(OC)c(OC)c3)n1N)oc1ccccc12. The molecule has 12 heteroatoms. The molecule has 38 heavy (non-hydrogen) atoms. The highest BCUT2D eigenvalue weighted by atomic mass is 32.2. The molecule has 196 valence electrons. The fraction of sp³-hybridized carbons (Fsp3) is 0.192. The summed E-state index contributed by atoms with van der Waals surface area (Å²) in [5.74, 6) is 8.26. The van der Waals surface area contributed by atoms with Gasteiger partial charge in [-0.25, -0.2) is 4.68 Å². The van der Waals surface area contributed by atoms with Crippen LogP contribution in [0.4, 0.5) is 5.69 Å². The van der Waals surface area contributed by atoms with Gasteiger partial charge in [-0.1, -0.05) is 30.0 Å². The quantitative estimate of drug-likeness (QED) is 0.207. The van der Waals surface area contributed by atoms with Gasteiger partial charge >= 0.3 is 0 Å². The van der Waals surface area contributed by atoms with Gasteiger partial charge in [-0.05, 0) is 24.3 Å². The van der Waals surface area contributed by atoms with Crippen molar-refractivity contribution in [1.82, 2.24) is 14.9 Å². The van der Waals surface area contributed by atoms with Crippen molar-refractivity contribution < 1.29 is 28.2 Å². The van der Waals surface area contributed by atoms with Gasteiger partial charge in [0.05, 0.1) is 39.9 Å². The van der Waals surface area contributed by atoms with E-state index in [2.05, 4.69) is 15.5 Å². The summed E-state index contributed by atoms with van der Waals surface area (Å²) in [5, 5.41) is 13.4. The molecular weight excluding hydrogens is 510 g/mol. The van der Waals surface area contributed by atoms with Crippen LogP contribution in [0, 0.1) is 0 Å². The van der Waals surface area contributed by atoms with Crippen molar-refractivity contribution in [3.05, 3.63) is 48.5 Å². The first-order valence-electron chi connectivity index (χ1n) is 11.4. The first-order valence-corrected chi connectivity index (χ1v) is 12.4. The second kappa shape index (κ2) is 10.4. The fourth-order valence-electron chi connectivity index (χ4n) is 4.12. The summed E-state index contributed by atoms with van der Waals surface area (Å²) in [6, 6.07) is 14.8. The third-order valence-corrected chi connectivity index (χ3v) is 6.84. The second-order valence-corrected chi connectivity index (χ2v) is 9.02. The molecule has 0 aliphatic carbocycles. The third kappa shape index (κ3) is 4.50. The van der Waals surface area contributed by atoms with Gasteiger partial charge < -0.3 is 34.5 Å². The number of carbonyl (C=O) groups excluding carboxylic acids is 1. The summed E-state index contributed by atoms with van der Waals surface area (Å²) in [5.41, 5.74) is 2.51. The molecule has 2 aromatic heterocycles. The number of amides is 1. The van der Waals surface area contributed by atoms with E-state index < -0.39 is 0 Å². The van der Waals surface area contributed by atoms with E-state index in [9.17, 15) is 4.79 Å². The van der Waals surface area contributed by atoms with Crippen LogP contribution < -0.4 is 30.1 Å². The number of nitrogens with two attached hydrogens (primary N) is 1. The number of hydrogen-bond donors (Lipinski definition) is 2. The molecule has 5 rings (SSSR count). The number of methoxy groups -OCH3 is 4. The lowest BCUT2D eigenvalue weighted by molar-refractivity contribution is -0.113. The van der Waals surface area contributed by atoms with E-state index in [1.807, 2.05) is 30.3 Å². The minimum Gasteiger partial charge on any atom is -0.495 e. The maximum atomic E-state index is 12.8. The Morgan fingerprint density at radius 1 is 0.921 bits per heavy atom. The number of thioether (sulfide) groups is 1. The molecule has 0 saturated carbocycles. The number of nitrogens with zero attached hydrogens (tertiary/aromatic N) is 3. The number of para-hydroxylation sites is 1. The normalized spacial score (nSPS) is 11.1. The molecule has 0 bridgehead atoms. The van der Waals surface area contributed by atoms with Crippen molar-refractivity contribution in [2.24, 2.45) is 0 Å². The molecule has 3 N–H and O–H groups in total. The van der Waals surface area contributed by atoms with Crippen molar-refractivity contribution in [2.75, 3.05) is 45.4 Å². The number of hydrogen-bond acceptors (Lipinski definition) is 10. The Balaban J connectivity index is 1.33. The van der Waals surface area contributed by atoms with E-state index in [0.29, 0.717) is 50.8 Å². The van der Waals surface area contributed by atoms with Crippen LogP contribution in [-0.2, 0) is 4.79 Å². The van der Waals surface area contributed by atoms with Gasteiger partial charge in [0.25, 0.3) is 0 Å². The molecule has 0 aliphatic rings. The van der Waals surface area contributed by atoms with Crippen LogP contribution in [-0.4, -0.2) is 55.0 Å². The average Bonchev–Trinajstić information content (AvgIpc) is 3.49. The van der Waals surface area contributed by atoms with Gasteiger partial charge in [-0.3, -0.25) is 4.79 Å². The predicted octanol–water partition coefficient (Wildman–Crippen LogP) is 4.32. The Morgan fingerprint density at radius 3 is 2.32 bits per heavy atom. The molecule has 0 unspecified atom stereocenters. The Hall–Kier alpha value is -4.58. The number of nitrogens with one attached hydrogen (secondary N) is 1. The van der Waals surface area contributed by atoms with E-state index in [1.165, 1.54) is 26.0 Å². The van der Waals surface area contributed by atoms with Gasteiger partial charge in [0.15, 0.2) is 17.3 Å². The largest absolute Gasteiger partial charge is 0.495 e. The minimum atomic E-state index is -0.277. The molecule has 0 aliphatic heterocycles. The first kappa shape index (κ1) is 25.1. The van der Waals surface area contributed by atoms with E-state index in [4.69, 9.17) is 29.2 Å². The highest BCUT2D eigenvalue weighted by molar-refractivity contribution is 7.99. The Bertz CT molecular complexity index is 1620. The Morgan fingerprint density at radius 2 is 1.63 bits per heavy atom. The average molecular weight is 536 g/mol. The standard InChI is InChI=1S/C26H25N5O6S/c1-33-20-11-16-15-7-5-6-8-18(15)37-19(16)12-17(20)28-23(32)13-38-26-30-29-25(31(26)27)14-9-21(34-2)24(36-4)22(10-14)35-3/h5-12H,13,27H2,1-4H3,(H,28,32). The number of fused-ring (bicyclic) bond motifs is 3. The maximum absolute atomic E-state index is 12.8. The smallest absolute Gasteiger partial charge is 0.234 e. The number of furan rings is 1. The van der Waals surface area contributed by atoms with Crippen molar-refractivity contribution in [3.8, 4) is 34.4 Å². The van der Waals surface area contributed by atoms with E-state index >= 15 is 0 Å². The lowest BCUT2D eigenvalue weighted by atomic mass is 10.1. The van der Waals surface area contributed by atoms with Crippen LogP contribution in [0.2, 0.25) is 0 Å². The van der Waals surface area contributed by atoms with Gasteiger partial charge in [-0.2, -0.15) is 0 Å². The summed E-state index contributed by atoms with van der Waals surface area (Å²) in [4.78, 5) is 12.8.